The molecule has 0 saturated heterocycles. The summed E-state index contributed by atoms with van der Waals surface area (Å²) >= 11 is 6.16. The molecule has 1 saturated carbocycles. The number of methoxy groups -OCH3 is 1. The van der Waals surface area contributed by atoms with Crippen molar-refractivity contribution in [2.75, 3.05) is 7.11 Å². The zero-order chi connectivity index (χ0) is 13.1. The van der Waals surface area contributed by atoms with E-state index >= 15 is 0 Å². The quantitative estimate of drug-likeness (QED) is 0.834. The molecular weight excluding hydrogens is 250 g/mol. The molecule has 2 rings (SSSR count). The van der Waals surface area contributed by atoms with Crippen LogP contribution in [0.15, 0.2) is 24.3 Å². The Hall–Kier alpha value is -1.06. The second kappa shape index (κ2) is 5.72. The van der Waals surface area contributed by atoms with Crippen LogP contribution in [0.4, 0.5) is 0 Å². The molecule has 1 aliphatic carbocycles. The Morgan fingerprint density at radius 1 is 1.44 bits per heavy atom. The molecule has 0 amide bonds. The summed E-state index contributed by atoms with van der Waals surface area (Å²) in [6.07, 6.45) is 2.17. The molecule has 0 heterocycles. The Bertz CT molecular complexity index is 432. The minimum absolute atomic E-state index is 0.0309. The maximum absolute atomic E-state index is 11.7. The summed E-state index contributed by atoms with van der Waals surface area (Å²) in [5, 5.41) is 4.05. The van der Waals surface area contributed by atoms with Crippen molar-refractivity contribution in [1.82, 2.24) is 5.32 Å². The third-order valence-electron chi connectivity index (χ3n) is 3.35. The number of carbonyl (C=O) groups excluding carboxylic acids is 1. The predicted molar refractivity (Wildman–Crippen MR) is 71.5 cm³/mol. The lowest BCUT2D eigenvalue weighted by molar-refractivity contribution is -0.144. The molecule has 3 nitrogen and oxygen atoms in total. The standard InChI is InChI=1S/C14H18ClNO2/c1-9(11-5-3-4-6-12(11)15)16-13(10-7-8-10)14(17)18-2/h3-6,9-10,13,16H,7-8H2,1-2H3. The van der Waals surface area contributed by atoms with Crippen LogP contribution in [-0.4, -0.2) is 19.1 Å². The Morgan fingerprint density at radius 3 is 2.67 bits per heavy atom. The molecule has 18 heavy (non-hydrogen) atoms. The number of esters is 1. The second-order valence-electron chi connectivity index (χ2n) is 4.75. The molecule has 2 atom stereocenters. The topological polar surface area (TPSA) is 38.3 Å². The molecule has 1 aliphatic rings. The van der Waals surface area contributed by atoms with Crippen molar-refractivity contribution in [2.45, 2.75) is 31.8 Å². The Balaban J connectivity index is 2.07. The van der Waals surface area contributed by atoms with Crippen LogP contribution < -0.4 is 5.32 Å². The van der Waals surface area contributed by atoms with Crippen molar-refractivity contribution >= 4 is 17.6 Å². The van der Waals surface area contributed by atoms with Crippen molar-refractivity contribution in [2.24, 2.45) is 5.92 Å². The highest BCUT2D eigenvalue weighted by Crippen LogP contribution is 2.34. The molecule has 0 aromatic heterocycles. The summed E-state index contributed by atoms with van der Waals surface area (Å²) in [7, 11) is 1.43. The fourth-order valence-electron chi connectivity index (χ4n) is 2.14. The van der Waals surface area contributed by atoms with Crippen molar-refractivity contribution in [3.8, 4) is 0 Å². The summed E-state index contributed by atoms with van der Waals surface area (Å²) in [5.74, 6) is 0.221. The van der Waals surface area contributed by atoms with E-state index in [4.69, 9.17) is 16.3 Å². The third kappa shape index (κ3) is 3.03. The van der Waals surface area contributed by atoms with E-state index in [2.05, 4.69) is 5.32 Å². The number of hydrogen-bond donors (Lipinski definition) is 1. The van der Waals surface area contributed by atoms with Gasteiger partial charge in [-0.25, -0.2) is 0 Å². The van der Waals surface area contributed by atoms with Gasteiger partial charge in [0.2, 0.25) is 0 Å². The first-order valence-corrected chi connectivity index (χ1v) is 6.59. The van der Waals surface area contributed by atoms with Gasteiger partial charge in [0.25, 0.3) is 0 Å². The highest BCUT2D eigenvalue weighted by Gasteiger charge is 2.37. The van der Waals surface area contributed by atoms with Gasteiger partial charge in [0.15, 0.2) is 0 Å². The fourth-order valence-corrected chi connectivity index (χ4v) is 2.44. The Kier molecular flexibility index (Phi) is 4.25. The molecule has 0 spiro atoms. The average molecular weight is 268 g/mol. The summed E-state index contributed by atoms with van der Waals surface area (Å²) in [4.78, 5) is 11.7. The van der Waals surface area contributed by atoms with E-state index in [9.17, 15) is 4.79 Å². The molecule has 1 fully saturated rings. The van der Waals surface area contributed by atoms with Crippen LogP contribution in [0.5, 0.6) is 0 Å². The third-order valence-corrected chi connectivity index (χ3v) is 3.69. The van der Waals surface area contributed by atoms with Crippen LogP contribution in [0.1, 0.15) is 31.4 Å². The SMILES string of the molecule is COC(=O)C(NC(C)c1ccccc1Cl)C1CC1. The molecule has 1 aromatic carbocycles. The van der Waals surface area contributed by atoms with Crippen LogP contribution >= 0.6 is 11.6 Å². The first-order chi connectivity index (χ1) is 8.63. The highest BCUT2D eigenvalue weighted by molar-refractivity contribution is 6.31. The van der Waals surface area contributed by atoms with Crippen LogP contribution in [0.25, 0.3) is 0 Å². The number of ether oxygens (including phenoxy) is 1. The van der Waals surface area contributed by atoms with E-state index in [1.165, 1.54) is 7.11 Å². The predicted octanol–water partition coefficient (Wildman–Crippen LogP) is 2.94. The van der Waals surface area contributed by atoms with Gasteiger partial charge in [-0.2, -0.15) is 0 Å². The average Bonchev–Trinajstić information content (AvgIpc) is 3.19. The van der Waals surface area contributed by atoms with Crippen LogP contribution in [0, 0.1) is 5.92 Å². The van der Waals surface area contributed by atoms with Crippen molar-refractivity contribution < 1.29 is 9.53 Å². The Morgan fingerprint density at radius 2 is 2.11 bits per heavy atom. The minimum atomic E-state index is -0.221. The number of hydrogen-bond acceptors (Lipinski definition) is 3. The van der Waals surface area contributed by atoms with E-state index < -0.39 is 0 Å². The van der Waals surface area contributed by atoms with Gasteiger partial charge in [0.1, 0.15) is 6.04 Å². The Labute approximate surface area is 112 Å². The van der Waals surface area contributed by atoms with Crippen LogP contribution in [0.2, 0.25) is 5.02 Å². The highest BCUT2D eigenvalue weighted by atomic mass is 35.5. The van der Waals surface area contributed by atoms with E-state index in [1.54, 1.807) is 0 Å². The number of carbonyl (C=O) groups is 1. The zero-order valence-corrected chi connectivity index (χ0v) is 11.4. The van der Waals surface area contributed by atoms with Gasteiger partial charge in [0.05, 0.1) is 7.11 Å². The molecular formula is C14H18ClNO2. The van der Waals surface area contributed by atoms with Gasteiger partial charge in [0, 0.05) is 11.1 Å². The first kappa shape index (κ1) is 13.4. The zero-order valence-electron chi connectivity index (χ0n) is 10.7. The van der Waals surface area contributed by atoms with Gasteiger partial charge in [-0.15, -0.1) is 0 Å². The van der Waals surface area contributed by atoms with Crippen molar-refractivity contribution in [3.05, 3.63) is 34.9 Å². The molecule has 0 aliphatic heterocycles. The summed E-state index contributed by atoms with van der Waals surface area (Å²) in [6, 6.07) is 7.49. The monoisotopic (exact) mass is 267 g/mol. The van der Waals surface area contributed by atoms with Gasteiger partial charge >= 0.3 is 5.97 Å². The van der Waals surface area contributed by atoms with E-state index in [0.717, 1.165) is 23.4 Å². The summed E-state index contributed by atoms with van der Waals surface area (Å²) in [6.45, 7) is 2.01. The van der Waals surface area contributed by atoms with Gasteiger partial charge in [-0.05, 0) is 37.3 Å². The van der Waals surface area contributed by atoms with Crippen molar-refractivity contribution in [3.63, 3.8) is 0 Å². The molecule has 0 radical (unpaired) electrons. The van der Waals surface area contributed by atoms with Gasteiger partial charge in [-0.3, -0.25) is 10.1 Å². The lowest BCUT2D eigenvalue weighted by Gasteiger charge is -2.22. The van der Waals surface area contributed by atoms with Gasteiger partial charge in [-0.1, -0.05) is 29.8 Å². The van der Waals surface area contributed by atoms with Crippen LogP contribution in [-0.2, 0) is 9.53 Å². The van der Waals surface area contributed by atoms with E-state index in [-0.39, 0.29) is 18.1 Å². The minimum Gasteiger partial charge on any atom is -0.468 e. The maximum atomic E-state index is 11.7. The van der Waals surface area contributed by atoms with Crippen LogP contribution in [0.3, 0.4) is 0 Å². The first-order valence-electron chi connectivity index (χ1n) is 6.21. The number of nitrogens with one attached hydrogen (secondary N) is 1. The number of rotatable bonds is 5. The smallest absolute Gasteiger partial charge is 0.323 e. The molecule has 0 bridgehead atoms. The fraction of sp³-hybridized carbons (Fsp3) is 0.500. The number of halogens is 1. The van der Waals surface area contributed by atoms with E-state index in [0.29, 0.717) is 5.92 Å². The maximum Gasteiger partial charge on any atom is 0.323 e. The molecule has 1 N–H and O–H groups in total. The van der Waals surface area contributed by atoms with Gasteiger partial charge < -0.3 is 4.74 Å². The molecule has 1 aromatic rings. The largest absolute Gasteiger partial charge is 0.468 e. The molecule has 2 unspecified atom stereocenters. The molecule has 4 heteroatoms. The lowest BCUT2D eigenvalue weighted by atomic mass is 10.1. The summed E-state index contributed by atoms with van der Waals surface area (Å²) in [5.41, 5.74) is 1.01. The molecule has 98 valence electrons. The number of benzene rings is 1. The normalized spacial score (nSPS) is 18.2. The van der Waals surface area contributed by atoms with Crippen molar-refractivity contribution in [1.29, 1.82) is 0 Å². The van der Waals surface area contributed by atoms with E-state index in [1.807, 2.05) is 31.2 Å². The lowest BCUT2D eigenvalue weighted by Crippen LogP contribution is -2.40. The summed E-state index contributed by atoms with van der Waals surface area (Å²) < 4.78 is 4.85. The second-order valence-corrected chi connectivity index (χ2v) is 5.16.